The summed E-state index contributed by atoms with van der Waals surface area (Å²) in [6.07, 6.45) is 4.09. The molecule has 0 aromatic carbocycles. The number of rotatable bonds is 3. The zero-order valence-corrected chi connectivity index (χ0v) is 11.5. The topological polar surface area (TPSA) is 76.1 Å². The molecule has 2 N–H and O–H groups in total. The summed E-state index contributed by atoms with van der Waals surface area (Å²) in [6.45, 7) is 4.18. The molecule has 0 fully saturated rings. The molecule has 1 aliphatic carbocycles. The van der Waals surface area contributed by atoms with Crippen LogP contribution < -0.4 is 5.73 Å². The molecule has 0 saturated heterocycles. The highest BCUT2D eigenvalue weighted by molar-refractivity contribution is 5.98. The minimum atomic E-state index is -0.179. The number of hydrogen-bond donors (Lipinski definition) is 1. The molecule has 0 aromatic rings. The summed E-state index contributed by atoms with van der Waals surface area (Å²) in [5.74, 6) is 1.05. The van der Waals surface area contributed by atoms with Crippen LogP contribution in [0.15, 0.2) is 22.8 Å². The van der Waals surface area contributed by atoms with Gasteiger partial charge in [0.05, 0.1) is 5.57 Å². The van der Waals surface area contributed by atoms with Crippen LogP contribution in [0.1, 0.15) is 46.0 Å². The van der Waals surface area contributed by atoms with E-state index in [9.17, 15) is 10.1 Å². The lowest BCUT2D eigenvalue weighted by atomic mass is 9.74. The molecule has 0 spiro atoms. The minimum absolute atomic E-state index is 0.120. The molecule has 0 amide bonds. The lowest BCUT2D eigenvalue weighted by Gasteiger charge is -2.33. The van der Waals surface area contributed by atoms with Gasteiger partial charge in [0, 0.05) is 24.3 Å². The average Bonchev–Trinajstić information content (AvgIpc) is 2.37. The molecule has 4 heteroatoms. The fourth-order valence-corrected chi connectivity index (χ4v) is 3.09. The molecule has 2 aliphatic rings. The second-order valence-corrected chi connectivity index (χ2v) is 5.35. The van der Waals surface area contributed by atoms with E-state index in [-0.39, 0.29) is 23.5 Å². The maximum Gasteiger partial charge on any atom is 0.204 e. The van der Waals surface area contributed by atoms with Crippen LogP contribution in [0.2, 0.25) is 0 Å². The SMILES string of the molecule is CCC[C@@H](C)[C@H]1C(C#N)=C(N)OC2=C1C(=O)CCC2. The van der Waals surface area contributed by atoms with Crippen LogP contribution in [0.4, 0.5) is 0 Å². The third kappa shape index (κ3) is 2.37. The van der Waals surface area contributed by atoms with Crippen LogP contribution in [-0.4, -0.2) is 5.78 Å². The van der Waals surface area contributed by atoms with E-state index < -0.39 is 0 Å². The van der Waals surface area contributed by atoms with Gasteiger partial charge in [-0.2, -0.15) is 5.26 Å². The van der Waals surface area contributed by atoms with Crippen molar-refractivity contribution in [3.05, 3.63) is 22.8 Å². The largest absolute Gasteiger partial charge is 0.444 e. The van der Waals surface area contributed by atoms with Crippen LogP contribution in [-0.2, 0) is 9.53 Å². The first-order valence-electron chi connectivity index (χ1n) is 6.94. The lowest BCUT2D eigenvalue weighted by Crippen LogP contribution is -2.32. The van der Waals surface area contributed by atoms with Gasteiger partial charge in [0.1, 0.15) is 11.8 Å². The number of allylic oxidation sites excluding steroid dienone is 3. The molecule has 0 radical (unpaired) electrons. The second kappa shape index (κ2) is 5.48. The van der Waals surface area contributed by atoms with Gasteiger partial charge in [0.15, 0.2) is 5.78 Å². The van der Waals surface area contributed by atoms with Crippen molar-refractivity contribution in [2.75, 3.05) is 0 Å². The monoisotopic (exact) mass is 260 g/mol. The van der Waals surface area contributed by atoms with E-state index >= 15 is 0 Å². The molecule has 1 aliphatic heterocycles. The van der Waals surface area contributed by atoms with Crippen LogP contribution in [0, 0.1) is 23.2 Å². The number of carbonyl (C=O) groups excluding carboxylic acids is 1. The highest BCUT2D eigenvalue weighted by Gasteiger charge is 2.39. The second-order valence-electron chi connectivity index (χ2n) is 5.35. The molecule has 2 atom stereocenters. The Labute approximate surface area is 113 Å². The number of ether oxygens (including phenoxy) is 1. The number of Topliss-reactive ketones (excluding diaryl/α,β-unsaturated/α-hetero) is 1. The Bertz CT molecular complexity index is 497. The van der Waals surface area contributed by atoms with Crippen molar-refractivity contribution < 1.29 is 9.53 Å². The molecule has 0 unspecified atom stereocenters. The number of nitrogens with zero attached hydrogens (tertiary/aromatic N) is 1. The summed E-state index contributed by atoms with van der Waals surface area (Å²) < 4.78 is 5.52. The number of nitriles is 1. The van der Waals surface area contributed by atoms with Crippen molar-refractivity contribution in [2.45, 2.75) is 46.0 Å². The van der Waals surface area contributed by atoms with Crippen LogP contribution in [0.5, 0.6) is 0 Å². The molecule has 1 heterocycles. The third-order valence-corrected chi connectivity index (χ3v) is 3.96. The Kier molecular flexibility index (Phi) is 3.94. The van der Waals surface area contributed by atoms with Gasteiger partial charge >= 0.3 is 0 Å². The molecular formula is C15H20N2O2. The van der Waals surface area contributed by atoms with Gasteiger partial charge in [-0.25, -0.2) is 0 Å². The maximum absolute atomic E-state index is 12.2. The molecule has 0 bridgehead atoms. The summed E-state index contributed by atoms with van der Waals surface area (Å²) in [5.41, 5.74) is 6.99. The van der Waals surface area contributed by atoms with Crippen molar-refractivity contribution in [1.82, 2.24) is 0 Å². The molecule has 0 saturated carbocycles. The quantitative estimate of drug-likeness (QED) is 0.846. The van der Waals surface area contributed by atoms with Crippen molar-refractivity contribution in [3.8, 4) is 6.07 Å². The van der Waals surface area contributed by atoms with Gasteiger partial charge in [0.2, 0.25) is 5.88 Å². The molecule has 19 heavy (non-hydrogen) atoms. The Morgan fingerprint density at radius 3 is 2.89 bits per heavy atom. The standard InChI is InChI=1S/C15H20N2O2/c1-3-5-9(2)13-10(8-16)15(17)19-12-7-4-6-11(18)14(12)13/h9,13H,3-7,17H2,1-2H3/t9-,13+/m1/s1. The Balaban J connectivity index is 2.46. The van der Waals surface area contributed by atoms with E-state index in [2.05, 4.69) is 19.9 Å². The third-order valence-electron chi connectivity index (χ3n) is 3.96. The summed E-state index contributed by atoms with van der Waals surface area (Å²) >= 11 is 0. The van der Waals surface area contributed by atoms with Crippen LogP contribution in [0.25, 0.3) is 0 Å². The average molecular weight is 260 g/mol. The summed E-state index contributed by atoms with van der Waals surface area (Å²) in [4.78, 5) is 12.2. The first kappa shape index (κ1) is 13.7. The fourth-order valence-electron chi connectivity index (χ4n) is 3.09. The maximum atomic E-state index is 12.2. The molecular weight excluding hydrogens is 240 g/mol. The van der Waals surface area contributed by atoms with Crippen molar-refractivity contribution in [3.63, 3.8) is 0 Å². The van der Waals surface area contributed by atoms with E-state index in [4.69, 9.17) is 10.5 Å². The predicted octanol–water partition coefficient (Wildman–Crippen LogP) is 2.77. The van der Waals surface area contributed by atoms with E-state index in [1.165, 1.54) is 0 Å². The number of nitrogens with two attached hydrogens (primary N) is 1. The van der Waals surface area contributed by atoms with Gasteiger partial charge in [0.25, 0.3) is 0 Å². The molecule has 0 aromatic heterocycles. The van der Waals surface area contributed by atoms with E-state index in [0.717, 1.165) is 25.7 Å². The first-order chi connectivity index (χ1) is 9.10. The van der Waals surface area contributed by atoms with Gasteiger partial charge in [-0.1, -0.05) is 26.7 Å². The van der Waals surface area contributed by atoms with Crippen LogP contribution in [0.3, 0.4) is 0 Å². The van der Waals surface area contributed by atoms with E-state index in [1.54, 1.807) is 0 Å². The lowest BCUT2D eigenvalue weighted by molar-refractivity contribution is -0.117. The fraction of sp³-hybridized carbons (Fsp3) is 0.600. The number of carbonyl (C=O) groups is 1. The van der Waals surface area contributed by atoms with Gasteiger partial charge in [-0.3, -0.25) is 4.79 Å². The number of ketones is 1. The predicted molar refractivity (Wildman–Crippen MR) is 71.4 cm³/mol. The highest BCUT2D eigenvalue weighted by atomic mass is 16.5. The summed E-state index contributed by atoms with van der Waals surface area (Å²) in [5, 5.41) is 9.32. The Hall–Kier alpha value is -1.76. The van der Waals surface area contributed by atoms with E-state index in [1.807, 2.05) is 0 Å². The molecule has 102 valence electrons. The Morgan fingerprint density at radius 1 is 1.53 bits per heavy atom. The highest BCUT2D eigenvalue weighted by Crippen LogP contribution is 2.42. The minimum Gasteiger partial charge on any atom is -0.444 e. The zero-order chi connectivity index (χ0) is 14.0. The number of hydrogen-bond acceptors (Lipinski definition) is 4. The van der Waals surface area contributed by atoms with E-state index in [0.29, 0.717) is 23.3 Å². The van der Waals surface area contributed by atoms with Gasteiger partial charge < -0.3 is 10.5 Å². The first-order valence-corrected chi connectivity index (χ1v) is 6.94. The zero-order valence-electron chi connectivity index (χ0n) is 11.5. The molecule has 2 rings (SSSR count). The van der Waals surface area contributed by atoms with Gasteiger partial charge in [-0.05, 0) is 12.3 Å². The normalized spacial score (nSPS) is 24.7. The van der Waals surface area contributed by atoms with Crippen molar-refractivity contribution >= 4 is 5.78 Å². The smallest absolute Gasteiger partial charge is 0.204 e. The van der Waals surface area contributed by atoms with Crippen LogP contribution >= 0.6 is 0 Å². The van der Waals surface area contributed by atoms with Gasteiger partial charge in [-0.15, -0.1) is 0 Å². The summed E-state index contributed by atoms with van der Waals surface area (Å²) in [7, 11) is 0. The Morgan fingerprint density at radius 2 is 2.26 bits per heavy atom. The summed E-state index contributed by atoms with van der Waals surface area (Å²) in [6, 6.07) is 2.14. The van der Waals surface area contributed by atoms with Crippen molar-refractivity contribution in [2.24, 2.45) is 17.6 Å². The molecule has 4 nitrogen and oxygen atoms in total. The van der Waals surface area contributed by atoms with Crippen molar-refractivity contribution in [1.29, 1.82) is 5.26 Å².